The molecule has 0 radical (unpaired) electrons. The van der Waals surface area contributed by atoms with Crippen molar-refractivity contribution in [1.29, 1.82) is 0 Å². The number of methoxy groups -OCH3 is 1. The molecular weight excluding hydrogens is 289 g/mol. The lowest BCUT2D eigenvalue weighted by atomic mass is 10.2. The van der Waals surface area contributed by atoms with Crippen molar-refractivity contribution >= 4 is 5.97 Å². The van der Waals surface area contributed by atoms with Gasteiger partial charge in [-0.05, 0) is 18.2 Å². The van der Waals surface area contributed by atoms with Crippen molar-refractivity contribution in [3.05, 3.63) is 41.6 Å². The van der Waals surface area contributed by atoms with Gasteiger partial charge < -0.3 is 9.84 Å². The molecule has 0 aliphatic heterocycles. The molecule has 0 atom stereocenters. The molecule has 1 heterocycles. The first-order chi connectivity index (χ1) is 9.82. The minimum atomic E-state index is -4.47. The van der Waals surface area contributed by atoms with Crippen molar-refractivity contribution in [2.24, 2.45) is 0 Å². The Balaban J connectivity index is 2.47. The minimum absolute atomic E-state index is 0.0942. The van der Waals surface area contributed by atoms with Crippen LogP contribution in [-0.4, -0.2) is 28.0 Å². The summed E-state index contributed by atoms with van der Waals surface area (Å²) >= 11 is 0. The molecule has 0 amide bonds. The van der Waals surface area contributed by atoms with Gasteiger partial charge in [0.1, 0.15) is 0 Å². The molecule has 0 fully saturated rings. The number of hydrogen-bond acceptors (Lipinski definition) is 3. The summed E-state index contributed by atoms with van der Waals surface area (Å²) < 4.78 is 44.3. The molecule has 112 valence electrons. The van der Waals surface area contributed by atoms with E-state index in [0.717, 1.165) is 16.8 Å². The normalized spacial score (nSPS) is 11.4. The molecule has 1 N–H and O–H groups in total. The molecule has 2 aromatic rings. The summed E-state index contributed by atoms with van der Waals surface area (Å²) in [6, 6.07) is 4.53. The molecule has 0 aliphatic carbocycles. The Labute approximate surface area is 117 Å². The summed E-state index contributed by atoms with van der Waals surface area (Å²) in [6.45, 7) is 0. The van der Waals surface area contributed by atoms with Crippen LogP contribution in [0.2, 0.25) is 0 Å². The third-order valence-corrected chi connectivity index (χ3v) is 2.75. The number of ether oxygens (including phenoxy) is 1. The molecule has 1 aromatic carbocycles. The van der Waals surface area contributed by atoms with Gasteiger partial charge in [0.15, 0.2) is 0 Å². The van der Waals surface area contributed by atoms with Gasteiger partial charge in [-0.3, -0.25) is 4.79 Å². The first-order valence-corrected chi connectivity index (χ1v) is 5.83. The lowest BCUT2D eigenvalue weighted by Gasteiger charge is -2.11. The maximum atomic E-state index is 12.7. The van der Waals surface area contributed by atoms with Gasteiger partial charge in [-0.2, -0.15) is 18.3 Å². The Hall–Kier alpha value is -2.51. The number of halogens is 3. The molecule has 21 heavy (non-hydrogen) atoms. The standard InChI is InChI=1S/C13H11F3N2O3/c1-21-12-8(5-11(19)20)7-17-18(12)10-4-2-3-9(6-10)13(14,15)16/h2-4,6-7H,5H2,1H3,(H,19,20). The number of rotatable bonds is 4. The lowest BCUT2D eigenvalue weighted by Crippen LogP contribution is -2.07. The van der Waals surface area contributed by atoms with Crippen LogP contribution in [0.3, 0.4) is 0 Å². The molecule has 2 rings (SSSR count). The third-order valence-electron chi connectivity index (χ3n) is 2.75. The van der Waals surface area contributed by atoms with Crippen LogP contribution < -0.4 is 4.74 Å². The van der Waals surface area contributed by atoms with Crippen LogP contribution in [-0.2, 0) is 17.4 Å². The first kappa shape index (κ1) is 14.9. The fourth-order valence-electron chi connectivity index (χ4n) is 1.87. The predicted octanol–water partition coefficient (Wildman–Crippen LogP) is 2.53. The van der Waals surface area contributed by atoms with Crippen LogP contribution in [0.5, 0.6) is 5.88 Å². The number of hydrogen-bond donors (Lipinski definition) is 1. The molecular formula is C13H11F3N2O3. The number of benzene rings is 1. The number of aromatic nitrogens is 2. The van der Waals surface area contributed by atoms with Gasteiger partial charge in [0.25, 0.3) is 0 Å². The lowest BCUT2D eigenvalue weighted by molar-refractivity contribution is -0.138. The van der Waals surface area contributed by atoms with E-state index in [2.05, 4.69) is 5.10 Å². The summed E-state index contributed by atoms with van der Waals surface area (Å²) in [5.41, 5.74) is -0.405. The Bertz CT molecular complexity index is 665. The fraction of sp³-hybridized carbons (Fsp3) is 0.231. The number of carboxylic acid groups (broad SMARTS) is 1. The van der Waals surface area contributed by atoms with Gasteiger partial charge in [0.05, 0.1) is 31.0 Å². The highest BCUT2D eigenvalue weighted by Gasteiger charge is 2.30. The second kappa shape index (κ2) is 5.47. The molecule has 5 nitrogen and oxygen atoms in total. The summed E-state index contributed by atoms with van der Waals surface area (Å²) in [7, 11) is 1.30. The van der Waals surface area contributed by atoms with Crippen LogP contribution in [0.15, 0.2) is 30.5 Å². The Morgan fingerprint density at radius 2 is 2.14 bits per heavy atom. The van der Waals surface area contributed by atoms with E-state index in [9.17, 15) is 18.0 Å². The van der Waals surface area contributed by atoms with E-state index < -0.39 is 17.7 Å². The molecule has 0 saturated heterocycles. The smallest absolute Gasteiger partial charge is 0.416 e. The average molecular weight is 300 g/mol. The average Bonchev–Trinajstić information content (AvgIpc) is 2.79. The van der Waals surface area contributed by atoms with E-state index >= 15 is 0 Å². The van der Waals surface area contributed by atoms with Crippen LogP contribution in [0.25, 0.3) is 5.69 Å². The third kappa shape index (κ3) is 3.15. The van der Waals surface area contributed by atoms with E-state index in [4.69, 9.17) is 9.84 Å². The van der Waals surface area contributed by atoms with Crippen LogP contribution in [0.4, 0.5) is 13.2 Å². The number of aliphatic carboxylic acids is 1. The Morgan fingerprint density at radius 1 is 1.43 bits per heavy atom. The van der Waals surface area contributed by atoms with Crippen molar-refractivity contribution in [3.63, 3.8) is 0 Å². The van der Waals surface area contributed by atoms with Crippen LogP contribution in [0, 0.1) is 0 Å². The highest BCUT2D eigenvalue weighted by atomic mass is 19.4. The van der Waals surface area contributed by atoms with Crippen molar-refractivity contribution in [3.8, 4) is 11.6 Å². The van der Waals surface area contributed by atoms with E-state index in [0.29, 0.717) is 0 Å². The number of nitrogens with zero attached hydrogens (tertiary/aromatic N) is 2. The molecule has 0 aliphatic rings. The summed E-state index contributed by atoms with van der Waals surface area (Å²) in [5.74, 6) is -0.992. The number of alkyl halides is 3. The quantitative estimate of drug-likeness (QED) is 0.942. The molecule has 0 unspecified atom stereocenters. The SMILES string of the molecule is COc1c(CC(=O)O)cnn1-c1cccc(C(F)(F)F)c1. The molecule has 8 heteroatoms. The molecule has 1 aromatic heterocycles. The summed E-state index contributed by atoms with van der Waals surface area (Å²) in [6.07, 6.45) is -3.55. The van der Waals surface area contributed by atoms with Crippen molar-refractivity contribution in [2.75, 3.05) is 7.11 Å². The van der Waals surface area contributed by atoms with Gasteiger partial charge in [0, 0.05) is 5.56 Å². The molecule has 0 spiro atoms. The highest BCUT2D eigenvalue weighted by Crippen LogP contribution is 2.31. The van der Waals surface area contributed by atoms with Crippen LogP contribution in [0.1, 0.15) is 11.1 Å². The van der Waals surface area contributed by atoms with Crippen LogP contribution >= 0.6 is 0 Å². The zero-order valence-corrected chi connectivity index (χ0v) is 10.9. The number of carbonyl (C=O) groups is 1. The fourth-order valence-corrected chi connectivity index (χ4v) is 1.87. The zero-order chi connectivity index (χ0) is 15.6. The topological polar surface area (TPSA) is 64.3 Å². The van der Waals surface area contributed by atoms with Gasteiger partial charge in [-0.1, -0.05) is 6.07 Å². The first-order valence-electron chi connectivity index (χ1n) is 5.83. The van der Waals surface area contributed by atoms with E-state index in [1.165, 1.54) is 25.4 Å². The monoisotopic (exact) mass is 300 g/mol. The Kier molecular flexibility index (Phi) is 3.88. The van der Waals surface area contributed by atoms with E-state index in [-0.39, 0.29) is 23.6 Å². The molecule has 0 bridgehead atoms. The number of carboxylic acids is 1. The zero-order valence-electron chi connectivity index (χ0n) is 10.9. The highest BCUT2D eigenvalue weighted by molar-refractivity contribution is 5.71. The van der Waals surface area contributed by atoms with Gasteiger partial charge in [-0.25, -0.2) is 4.68 Å². The minimum Gasteiger partial charge on any atom is -0.481 e. The van der Waals surface area contributed by atoms with Gasteiger partial charge in [-0.15, -0.1) is 0 Å². The largest absolute Gasteiger partial charge is 0.481 e. The summed E-state index contributed by atoms with van der Waals surface area (Å²) in [5, 5.41) is 12.7. The van der Waals surface area contributed by atoms with Crippen molar-refractivity contribution < 1.29 is 27.8 Å². The van der Waals surface area contributed by atoms with Crippen molar-refractivity contribution in [1.82, 2.24) is 9.78 Å². The van der Waals surface area contributed by atoms with Gasteiger partial charge >= 0.3 is 12.1 Å². The van der Waals surface area contributed by atoms with Crippen molar-refractivity contribution in [2.45, 2.75) is 12.6 Å². The predicted molar refractivity (Wildman–Crippen MR) is 66.5 cm³/mol. The maximum absolute atomic E-state index is 12.7. The van der Waals surface area contributed by atoms with E-state index in [1.54, 1.807) is 0 Å². The second-order valence-electron chi connectivity index (χ2n) is 4.21. The summed E-state index contributed by atoms with van der Waals surface area (Å²) in [4.78, 5) is 10.7. The maximum Gasteiger partial charge on any atom is 0.416 e. The van der Waals surface area contributed by atoms with E-state index in [1.807, 2.05) is 0 Å². The Morgan fingerprint density at radius 3 is 2.71 bits per heavy atom. The second-order valence-corrected chi connectivity index (χ2v) is 4.21. The van der Waals surface area contributed by atoms with Gasteiger partial charge in [0.2, 0.25) is 5.88 Å². The molecule has 0 saturated carbocycles.